The zero-order valence-electron chi connectivity index (χ0n) is 15.3. The van der Waals surface area contributed by atoms with Crippen LogP contribution in [0.5, 0.6) is 0 Å². The van der Waals surface area contributed by atoms with Crippen LogP contribution in [-0.2, 0) is 0 Å². The van der Waals surface area contributed by atoms with Crippen molar-refractivity contribution in [2.75, 3.05) is 13.1 Å². The van der Waals surface area contributed by atoms with Crippen LogP contribution < -0.4 is 10.6 Å². The number of benzene rings is 1. The predicted octanol–water partition coefficient (Wildman–Crippen LogP) is 2.82. The molecule has 0 atom stereocenters. The van der Waals surface area contributed by atoms with Gasteiger partial charge in [-0.05, 0) is 25.0 Å². The van der Waals surface area contributed by atoms with Crippen LogP contribution in [0.15, 0.2) is 36.7 Å². The summed E-state index contributed by atoms with van der Waals surface area (Å²) in [7, 11) is 0. The van der Waals surface area contributed by atoms with Gasteiger partial charge < -0.3 is 10.6 Å². The fourth-order valence-electron chi connectivity index (χ4n) is 3.35. The molecule has 8 nitrogen and oxygen atoms in total. The summed E-state index contributed by atoms with van der Waals surface area (Å²) in [5, 5.41) is 21.3. The summed E-state index contributed by atoms with van der Waals surface area (Å²) >= 11 is 0. The number of non-ortho nitro benzene ring substituents is 1. The molecule has 0 bridgehead atoms. The maximum atomic E-state index is 12.3. The van der Waals surface area contributed by atoms with E-state index in [0.29, 0.717) is 23.8 Å². The van der Waals surface area contributed by atoms with Gasteiger partial charge in [-0.2, -0.15) is 5.10 Å². The maximum Gasteiger partial charge on any atom is 0.269 e. The number of aromatic nitrogens is 2. The SMILES string of the molecule is O=C(NCCNC1CCCCCC1)c1cnn(-c2ccc([N+](=O)[O-])cc2)c1. The van der Waals surface area contributed by atoms with Crippen LogP contribution in [0.1, 0.15) is 48.9 Å². The van der Waals surface area contributed by atoms with Crippen LogP contribution in [0, 0.1) is 10.1 Å². The van der Waals surface area contributed by atoms with Gasteiger partial charge in [0.2, 0.25) is 0 Å². The third kappa shape index (κ3) is 5.37. The number of nitrogens with zero attached hydrogens (tertiary/aromatic N) is 3. The van der Waals surface area contributed by atoms with Crippen molar-refractivity contribution in [2.45, 2.75) is 44.6 Å². The van der Waals surface area contributed by atoms with E-state index in [1.807, 2.05) is 0 Å². The van der Waals surface area contributed by atoms with Gasteiger partial charge in [0.05, 0.1) is 22.4 Å². The molecular weight excluding hydrogens is 346 g/mol. The van der Waals surface area contributed by atoms with Gasteiger partial charge in [-0.3, -0.25) is 14.9 Å². The third-order valence-corrected chi connectivity index (χ3v) is 4.87. The molecule has 1 aromatic carbocycles. The van der Waals surface area contributed by atoms with Crippen molar-refractivity contribution < 1.29 is 9.72 Å². The van der Waals surface area contributed by atoms with Crippen molar-refractivity contribution in [1.29, 1.82) is 0 Å². The number of carbonyl (C=O) groups is 1. The molecule has 1 saturated carbocycles. The zero-order chi connectivity index (χ0) is 19.1. The molecule has 3 rings (SSSR count). The largest absolute Gasteiger partial charge is 0.351 e. The number of rotatable bonds is 7. The highest BCUT2D eigenvalue weighted by Gasteiger charge is 2.13. The molecule has 0 unspecified atom stereocenters. The van der Waals surface area contributed by atoms with Gasteiger partial charge in [0.25, 0.3) is 11.6 Å². The molecular formula is C19H25N5O3. The van der Waals surface area contributed by atoms with E-state index in [1.165, 1.54) is 61.5 Å². The second kappa shape index (κ2) is 9.27. The second-order valence-corrected chi connectivity index (χ2v) is 6.85. The van der Waals surface area contributed by atoms with Gasteiger partial charge in [0, 0.05) is 37.5 Å². The summed E-state index contributed by atoms with van der Waals surface area (Å²) in [6.45, 7) is 1.32. The van der Waals surface area contributed by atoms with Crippen LogP contribution in [0.4, 0.5) is 5.69 Å². The number of nitro benzene ring substituents is 1. The van der Waals surface area contributed by atoms with Crippen molar-refractivity contribution >= 4 is 11.6 Å². The van der Waals surface area contributed by atoms with E-state index in [1.54, 1.807) is 18.3 Å². The van der Waals surface area contributed by atoms with E-state index >= 15 is 0 Å². The topological polar surface area (TPSA) is 102 Å². The van der Waals surface area contributed by atoms with Crippen molar-refractivity contribution in [2.24, 2.45) is 0 Å². The van der Waals surface area contributed by atoms with Gasteiger partial charge in [-0.25, -0.2) is 4.68 Å². The van der Waals surface area contributed by atoms with E-state index in [0.717, 1.165) is 6.54 Å². The van der Waals surface area contributed by atoms with E-state index < -0.39 is 4.92 Å². The monoisotopic (exact) mass is 371 g/mol. The molecule has 1 aromatic heterocycles. The van der Waals surface area contributed by atoms with E-state index in [2.05, 4.69) is 15.7 Å². The van der Waals surface area contributed by atoms with Crippen molar-refractivity contribution in [3.63, 3.8) is 0 Å². The Morgan fingerprint density at radius 2 is 1.85 bits per heavy atom. The molecule has 0 radical (unpaired) electrons. The standard InChI is InChI=1S/C19H25N5O3/c25-19(21-12-11-20-16-5-3-1-2-4-6-16)15-13-22-23(14-15)17-7-9-18(10-8-17)24(26)27/h7-10,13-14,16,20H,1-6,11-12H2,(H,21,25). The number of carbonyl (C=O) groups excluding carboxylic acids is 1. The average molecular weight is 371 g/mol. The quantitative estimate of drug-likeness (QED) is 0.337. The average Bonchev–Trinajstić information content (AvgIpc) is 3.03. The lowest BCUT2D eigenvalue weighted by atomic mass is 10.1. The first-order chi connectivity index (χ1) is 13.1. The molecule has 144 valence electrons. The van der Waals surface area contributed by atoms with Crippen molar-refractivity contribution in [3.05, 3.63) is 52.3 Å². The molecule has 0 spiro atoms. The van der Waals surface area contributed by atoms with E-state index in [-0.39, 0.29) is 11.6 Å². The molecule has 0 saturated heterocycles. The first kappa shape index (κ1) is 19.0. The minimum Gasteiger partial charge on any atom is -0.351 e. The summed E-state index contributed by atoms with van der Waals surface area (Å²) in [5.41, 5.74) is 1.14. The van der Waals surface area contributed by atoms with Crippen LogP contribution in [0.2, 0.25) is 0 Å². The molecule has 1 fully saturated rings. The number of hydrogen-bond donors (Lipinski definition) is 2. The van der Waals surface area contributed by atoms with Crippen LogP contribution >= 0.6 is 0 Å². The number of nitrogens with one attached hydrogen (secondary N) is 2. The molecule has 1 aliphatic rings. The Balaban J connectivity index is 1.47. The van der Waals surface area contributed by atoms with Gasteiger partial charge in [0.15, 0.2) is 0 Å². The van der Waals surface area contributed by atoms with Crippen molar-refractivity contribution in [1.82, 2.24) is 20.4 Å². The Bertz CT molecular complexity index is 764. The highest BCUT2D eigenvalue weighted by atomic mass is 16.6. The lowest BCUT2D eigenvalue weighted by molar-refractivity contribution is -0.384. The molecule has 2 aromatic rings. The molecule has 1 heterocycles. The minimum atomic E-state index is -0.450. The molecule has 8 heteroatoms. The van der Waals surface area contributed by atoms with Crippen LogP contribution in [0.25, 0.3) is 5.69 Å². The lowest BCUT2D eigenvalue weighted by Gasteiger charge is -2.16. The Hall–Kier alpha value is -2.74. The smallest absolute Gasteiger partial charge is 0.269 e. The van der Waals surface area contributed by atoms with Gasteiger partial charge in [-0.15, -0.1) is 0 Å². The fraction of sp³-hybridized carbons (Fsp3) is 0.474. The maximum absolute atomic E-state index is 12.3. The van der Waals surface area contributed by atoms with E-state index in [4.69, 9.17) is 0 Å². The second-order valence-electron chi connectivity index (χ2n) is 6.85. The summed E-state index contributed by atoms with van der Waals surface area (Å²) < 4.78 is 1.53. The Kier molecular flexibility index (Phi) is 6.54. The molecule has 1 amide bonds. The van der Waals surface area contributed by atoms with Crippen molar-refractivity contribution in [3.8, 4) is 5.69 Å². The molecule has 27 heavy (non-hydrogen) atoms. The fourth-order valence-corrected chi connectivity index (χ4v) is 3.35. The van der Waals surface area contributed by atoms with Crippen LogP contribution in [-0.4, -0.2) is 39.7 Å². The predicted molar refractivity (Wildman–Crippen MR) is 102 cm³/mol. The summed E-state index contributed by atoms with van der Waals surface area (Å²) in [6, 6.07) is 6.59. The zero-order valence-corrected chi connectivity index (χ0v) is 15.3. The Morgan fingerprint density at radius 1 is 1.15 bits per heavy atom. The third-order valence-electron chi connectivity index (χ3n) is 4.87. The van der Waals surface area contributed by atoms with E-state index in [9.17, 15) is 14.9 Å². The number of amides is 1. The first-order valence-corrected chi connectivity index (χ1v) is 9.44. The summed E-state index contributed by atoms with van der Waals surface area (Å²) in [6.07, 6.45) is 10.8. The molecule has 2 N–H and O–H groups in total. The number of nitro groups is 1. The molecule has 1 aliphatic carbocycles. The number of hydrogen-bond acceptors (Lipinski definition) is 5. The first-order valence-electron chi connectivity index (χ1n) is 9.44. The van der Waals surface area contributed by atoms with Gasteiger partial charge >= 0.3 is 0 Å². The van der Waals surface area contributed by atoms with Gasteiger partial charge in [-0.1, -0.05) is 25.7 Å². The molecule has 0 aliphatic heterocycles. The van der Waals surface area contributed by atoms with Crippen LogP contribution in [0.3, 0.4) is 0 Å². The Morgan fingerprint density at radius 3 is 2.52 bits per heavy atom. The highest BCUT2D eigenvalue weighted by Crippen LogP contribution is 2.17. The Labute approximate surface area is 158 Å². The summed E-state index contributed by atoms with van der Waals surface area (Å²) in [4.78, 5) is 22.5. The normalized spacial score (nSPS) is 15.3. The van der Waals surface area contributed by atoms with Gasteiger partial charge in [0.1, 0.15) is 0 Å². The lowest BCUT2D eigenvalue weighted by Crippen LogP contribution is -2.36. The summed E-state index contributed by atoms with van der Waals surface area (Å²) in [5.74, 6) is -0.175. The minimum absolute atomic E-state index is 0.0186. The highest BCUT2D eigenvalue weighted by molar-refractivity contribution is 5.93.